The molecule has 1 aromatic heterocycles. The molecule has 2 aromatic rings. The fourth-order valence-corrected chi connectivity index (χ4v) is 2.03. The van der Waals surface area contributed by atoms with Gasteiger partial charge >= 0.3 is 0 Å². The van der Waals surface area contributed by atoms with E-state index in [4.69, 9.17) is 0 Å². The maximum atomic E-state index is 4.39. The summed E-state index contributed by atoms with van der Waals surface area (Å²) in [5, 5.41) is 3.30. The molecule has 4 nitrogen and oxygen atoms in total. The lowest BCUT2D eigenvalue weighted by Gasteiger charge is -2.22. The first-order chi connectivity index (χ1) is 9.83. The highest BCUT2D eigenvalue weighted by Gasteiger charge is 2.07. The molecule has 0 amide bonds. The van der Waals surface area contributed by atoms with Crippen molar-refractivity contribution in [1.29, 1.82) is 0 Å². The van der Waals surface area contributed by atoms with Gasteiger partial charge in [0.2, 0.25) is 0 Å². The Labute approximate surface area is 120 Å². The smallest absolute Gasteiger partial charge is 0.134 e. The molecular weight excluding hydrogens is 248 g/mol. The standard InChI is InChI=1S/C16H22N4/c1-3-10-17-15-11-16(19-13-18-15)20(4-2)12-14-8-6-5-7-9-14/h5-9,11,13H,3-4,10,12H2,1-2H3,(H,17,18,19). The van der Waals surface area contributed by atoms with Crippen LogP contribution in [-0.2, 0) is 6.54 Å². The topological polar surface area (TPSA) is 41.0 Å². The highest BCUT2D eigenvalue weighted by atomic mass is 15.2. The number of benzene rings is 1. The molecule has 2 rings (SSSR count). The van der Waals surface area contributed by atoms with Gasteiger partial charge in [0, 0.05) is 25.7 Å². The van der Waals surface area contributed by atoms with E-state index in [1.807, 2.05) is 12.1 Å². The Bertz CT molecular complexity index is 513. The Balaban J connectivity index is 2.10. The zero-order valence-electron chi connectivity index (χ0n) is 12.2. The van der Waals surface area contributed by atoms with Crippen LogP contribution in [-0.4, -0.2) is 23.1 Å². The van der Waals surface area contributed by atoms with E-state index in [9.17, 15) is 0 Å². The monoisotopic (exact) mass is 270 g/mol. The normalized spacial score (nSPS) is 10.3. The summed E-state index contributed by atoms with van der Waals surface area (Å²) in [5.74, 6) is 1.85. The minimum atomic E-state index is 0.863. The fraction of sp³-hybridized carbons (Fsp3) is 0.375. The lowest BCUT2D eigenvalue weighted by atomic mass is 10.2. The molecule has 20 heavy (non-hydrogen) atoms. The molecule has 1 heterocycles. The lowest BCUT2D eigenvalue weighted by Crippen LogP contribution is -2.23. The van der Waals surface area contributed by atoms with Crippen molar-refractivity contribution in [2.75, 3.05) is 23.3 Å². The van der Waals surface area contributed by atoms with Crippen LogP contribution in [0, 0.1) is 0 Å². The SMILES string of the molecule is CCCNc1cc(N(CC)Cc2ccccc2)ncn1. The molecule has 0 saturated carbocycles. The van der Waals surface area contributed by atoms with Crippen molar-refractivity contribution in [3.8, 4) is 0 Å². The molecule has 0 unspecified atom stereocenters. The number of anilines is 2. The van der Waals surface area contributed by atoms with E-state index in [2.05, 4.69) is 58.3 Å². The van der Waals surface area contributed by atoms with Gasteiger partial charge in [0.1, 0.15) is 18.0 Å². The van der Waals surface area contributed by atoms with Crippen LogP contribution in [0.5, 0.6) is 0 Å². The van der Waals surface area contributed by atoms with E-state index in [0.29, 0.717) is 0 Å². The van der Waals surface area contributed by atoms with Crippen LogP contribution in [0.25, 0.3) is 0 Å². The van der Waals surface area contributed by atoms with Crippen LogP contribution in [0.2, 0.25) is 0 Å². The first-order valence-corrected chi connectivity index (χ1v) is 7.18. The molecule has 1 N–H and O–H groups in total. The van der Waals surface area contributed by atoms with E-state index in [1.165, 1.54) is 5.56 Å². The Morgan fingerprint density at radius 3 is 2.60 bits per heavy atom. The Kier molecular flexibility index (Phi) is 5.35. The maximum absolute atomic E-state index is 4.39. The number of nitrogens with one attached hydrogen (secondary N) is 1. The quantitative estimate of drug-likeness (QED) is 0.838. The number of hydrogen-bond acceptors (Lipinski definition) is 4. The summed E-state index contributed by atoms with van der Waals surface area (Å²) in [6, 6.07) is 12.5. The third-order valence-corrected chi connectivity index (χ3v) is 3.13. The van der Waals surface area contributed by atoms with Gasteiger partial charge in [-0.25, -0.2) is 9.97 Å². The van der Waals surface area contributed by atoms with Crippen LogP contribution in [0.4, 0.5) is 11.6 Å². The lowest BCUT2D eigenvalue weighted by molar-refractivity contribution is 0.809. The van der Waals surface area contributed by atoms with Crippen LogP contribution in [0.15, 0.2) is 42.7 Å². The van der Waals surface area contributed by atoms with Gasteiger partial charge in [0.25, 0.3) is 0 Å². The predicted octanol–water partition coefficient (Wildman–Crippen LogP) is 3.33. The van der Waals surface area contributed by atoms with Gasteiger partial charge in [0.15, 0.2) is 0 Å². The molecule has 0 aliphatic heterocycles. The van der Waals surface area contributed by atoms with Crippen molar-refractivity contribution in [1.82, 2.24) is 9.97 Å². The summed E-state index contributed by atoms with van der Waals surface area (Å²) in [4.78, 5) is 10.9. The highest BCUT2D eigenvalue weighted by molar-refractivity contribution is 5.48. The average Bonchev–Trinajstić information content (AvgIpc) is 2.52. The van der Waals surface area contributed by atoms with Gasteiger partial charge in [-0.1, -0.05) is 37.3 Å². The second kappa shape index (κ2) is 7.48. The van der Waals surface area contributed by atoms with Crippen molar-refractivity contribution in [3.63, 3.8) is 0 Å². The minimum Gasteiger partial charge on any atom is -0.370 e. The minimum absolute atomic E-state index is 0.863. The first kappa shape index (κ1) is 14.3. The summed E-state index contributed by atoms with van der Waals surface area (Å²) in [5.41, 5.74) is 1.29. The van der Waals surface area contributed by atoms with Gasteiger partial charge in [-0.2, -0.15) is 0 Å². The van der Waals surface area contributed by atoms with Crippen molar-refractivity contribution in [2.24, 2.45) is 0 Å². The van der Waals surface area contributed by atoms with Crippen molar-refractivity contribution >= 4 is 11.6 Å². The molecule has 0 bridgehead atoms. The fourth-order valence-electron chi connectivity index (χ4n) is 2.03. The maximum Gasteiger partial charge on any atom is 0.134 e. The van der Waals surface area contributed by atoms with Crippen LogP contribution in [0.1, 0.15) is 25.8 Å². The van der Waals surface area contributed by atoms with Crippen molar-refractivity contribution in [3.05, 3.63) is 48.3 Å². The van der Waals surface area contributed by atoms with E-state index in [1.54, 1.807) is 6.33 Å². The van der Waals surface area contributed by atoms with Gasteiger partial charge < -0.3 is 10.2 Å². The summed E-state index contributed by atoms with van der Waals surface area (Å²) in [6.07, 6.45) is 2.71. The van der Waals surface area contributed by atoms with Crippen LogP contribution < -0.4 is 10.2 Å². The van der Waals surface area contributed by atoms with Gasteiger partial charge in [-0.05, 0) is 18.9 Å². The molecule has 0 aliphatic carbocycles. The Hall–Kier alpha value is -2.10. The highest BCUT2D eigenvalue weighted by Crippen LogP contribution is 2.16. The summed E-state index contributed by atoms with van der Waals surface area (Å²) < 4.78 is 0. The average molecular weight is 270 g/mol. The molecule has 0 atom stereocenters. The molecule has 0 saturated heterocycles. The van der Waals surface area contributed by atoms with E-state index >= 15 is 0 Å². The summed E-state index contributed by atoms with van der Waals surface area (Å²) in [7, 11) is 0. The predicted molar refractivity (Wildman–Crippen MR) is 84.0 cm³/mol. The van der Waals surface area contributed by atoms with Crippen molar-refractivity contribution < 1.29 is 0 Å². The summed E-state index contributed by atoms with van der Waals surface area (Å²) >= 11 is 0. The van der Waals surface area contributed by atoms with E-state index < -0.39 is 0 Å². The molecule has 0 spiro atoms. The van der Waals surface area contributed by atoms with Crippen LogP contribution >= 0.6 is 0 Å². The second-order valence-corrected chi connectivity index (χ2v) is 4.69. The van der Waals surface area contributed by atoms with Gasteiger partial charge in [-0.15, -0.1) is 0 Å². The van der Waals surface area contributed by atoms with E-state index in [-0.39, 0.29) is 0 Å². The molecule has 0 aliphatic rings. The molecule has 1 aromatic carbocycles. The molecular formula is C16H22N4. The van der Waals surface area contributed by atoms with Gasteiger partial charge in [0.05, 0.1) is 0 Å². The summed E-state index contributed by atoms with van der Waals surface area (Å²) in [6.45, 7) is 7.00. The number of rotatable bonds is 7. The Morgan fingerprint density at radius 2 is 1.90 bits per heavy atom. The molecule has 0 fully saturated rings. The van der Waals surface area contributed by atoms with Crippen molar-refractivity contribution in [2.45, 2.75) is 26.8 Å². The number of nitrogens with zero attached hydrogens (tertiary/aromatic N) is 3. The Morgan fingerprint density at radius 1 is 1.10 bits per heavy atom. The van der Waals surface area contributed by atoms with Crippen LogP contribution in [0.3, 0.4) is 0 Å². The third-order valence-electron chi connectivity index (χ3n) is 3.13. The third kappa shape index (κ3) is 3.95. The van der Waals surface area contributed by atoms with E-state index in [0.717, 1.165) is 37.7 Å². The number of aromatic nitrogens is 2. The molecule has 4 heteroatoms. The number of hydrogen-bond donors (Lipinski definition) is 1. The zero-order valence-corrected chi connectivity index (χ0v) is 12.2. The second-order valence-electron chi connectivity index (χ2n) is 4.69. The molecule has 0 radical (unpaired) electrons. The van der Waals surface area contributed by atoms with Gasteiger partial charge in [-0.3, -0.25) is 0 Å². The first-order valence-electron chi connectivity index (χ1n) is 7.18. The largest absolute Gasteiger partial charge is 0.370 e. The molecule has 106 valence electrons. The zero-order chi connectivity index (χ0) is 14.2.